The van der Waals surface area contributed by atoms with Crippen molar-refractivity contribution >= 4 is 27.8 Å². The lowest BCUT2D eigenvalue weighted by molar-refractivity contribution is -0.136. The first-order valence-electron chi connectivity index (χ1n) is 5.97. The Labute approximate surface area is 124 Å². The predicted octanol–water partition coefficient (Wildman–Crippen LogP) is 2.33. The van der Waals surface area contributed by atoms with E-state index in [1.807, 2.05) is 12.1 Å². The minimum absolute atomic E-state index is 0.0555. The number of aliphatic carboxylic acids is 1. The standard InChI is InChI=1S/C14H13BrN2O3/c15-11-6-12(16-8-11)14(20)17-7-10-4-2-1-3-9(10)5-13(18)19/h1-4,6,8,16H,5,7H2,(H,17,20)(H,18,19). The lowest BCUT2D eigenvalue weighted by Gasteiger charge is -2.08. The summed E-state index contributed by atoms with van der Waals surface area (Å²) >= 11 is 3.26. The maximum Gasteiger partial charge on any atom is 0.307 e. The van der Waals surface area contributed by atoms with E-state index in [0.29, 0.717) is 17.8 Å². The molecule has 0 unspecified atom stereocenters. The van der Waals surface area contributed by atoms with Gasteiger partial charge < -0.3 is 15.4 Å². The summed E-state index contributed by atoms with van der Waals surface area (Å²) in [6.07, 6.45) is 1.62. The summed E-state index contributed by atoms with van der Waals surface area (Å²) in [5, 5.41) is 11.6. The maximum absolute atomic E-state index is 11.9. The molecule has 1 heterocycles. The Kier molecular flexibility index (Phi) is 4.57. The molecular formula is C14H13BrN2O3. The van der Waals surface area contributed by atoms with Gasteiger partial charge in [-0.2, -0.15) is 0 Å². The molecule has 0 aliphatic rings. The predicted molar refractivity (Wildman–Crippen MR) is 77.4 cm³/mol. The second-order valence-electron chi connectivity index (χ2n) is 4.25. The number of carboxylic acids is 1. The zero-order valence-corrected chi connectivity index (χ0v) is 12.1. The third-order valence-electron chi connectivity index (χ3n) is 2.79. The van der Waals surface area contributed by atoms with Crippen molar-refractivity contribution in [2.75, 3.05) is 0 Å². The van der Waals surface area contributed by atoms with E-state index in [-0.39, 0.29) is 12.3 Å². The highest BCUT2D eigenvalue weighted by atomic mass is 79.9. The molecule has 0 saturated carbocycles. The van der Waals surface area contributed by atoms with Gasteiger partial charge in [0.05, 0.1) is 6.42 Å². The van der Waals surface area contributed by atoms with E-state index in [4.69, 9.17) is 5.11 Å². The van der Waals surface area contributed by atoms with Crippen molar-refractivity contribution in [1.29, 1.82) is 0 Å². The summed E-state index contributed by atoms with van der Waals surface area (Å²) in [6.45, 7) is 0.291. The van der Waals surface area contributed by atoms with Gasteiger partial charge in [0.15, 0.2) is 0 Å². The maximum atomic E-state index is 11.9. The zero-order valence-electron chi connectivity index (χ0n) is 10.5. The van der Waals surface area contributed by atoms with Crippen LogP contribution in [-0.4, -0.2) is 22.0 Å². The van der Waals surface area contributed by atoms with Crippen molar-refractivity contribution in [2.24, 2.45) is 0 Å². The number of amides is 1. The molecule has 1 aromatic carbocycles. The van der Waals surface area contributed by atoms with Gasteiger partial charge in [-0.05, 0) is 33.1 Å². The molecule has 0 aliphatic heterocycles. The number of benzene rings is 1. The van der Waals surface area contributed by atoms with Crippen molar-refractivity contribution in [3.05, 3.63) is 57.8 Å². The van der Waals surface area contributed by atoms with Crippen LogP contribution >= 0.6 is 15.9 Å². The molecule has 6 heteroatoms. The van der Waals surface area contributed by atoms with Crippen LogP contribution in [0.3, 0.4) is 0 Å². The van der Waals surface area contributed by atoms with E-state index in [9.17, 15) is 9.59 Å². The highest BCUT2D eigenvalue weighted by Crippen LogP contribution is 2.12. The summed E-state index contributed by atoms with van der Waals surface area (Å²) < 4.78 is 0.800. The summed E-state index contributed by atoms with van der Waals surface area (Å²) in [4.78, 5) is 25.5. The van der Waals surface area contributed by atoms with Crippen LogP contribution in [0, 0.1) is 0 Å². The number of aromatic amines is 1. The van der Waals surface area contributed by atoms with Crippen LogP contribution < -0.4 is 5.32 Å². The lowest BCUT2D eigenvalue weighted by atomic mass is 10.0. The van der Waals surface area contributed by atoms with Crippen LogP contribution in [0.4, 0.5) is 0 Å². The summed E-state index contributed by atoms with van der Waals surface area (Å²) in [7, 11) is 0. The Bertz CT molecular complexity index is 637. The molecule has 2 rings (SSSR count). The van der Waals surface area contributed by atoms with Crippen molar-refractivity contribution in [3.8, 4) is 0 Å². The molecule has 1 aromatic heterocycles. The van der Waals surface area contributed by atoms with Crippen molar-refractivity contribution < 1.29 is 14.7 Å². The first-order valence-corrected chi connectivity index (χ1v) is 6.76. The van der Waals surface area contributed by atoms with Crippen LogP contribution in [0.1, 0.15) is 21.6 Å². The molecular weight excluding hydrogens is 324 g/mol. The molecule has 3 N–H and O–H groups in total. The quantitative estimate of drug-likeness (QED) is 0.783. The molecule has 0 spiro atoms. The molecule has 104 valence electrons. The smallest absolute Gasteiger partial charge is 0.307 e. The summed E-state index contributed by atoms with van der Waals surface area (Å²) in [5.74, 6) is -1.13. The van der Waals surface area contributed by atoms with Crippen molar-refractivity contribution in [2.45, 2.75) is 13.0 Å². The van der Waals surface area contributed by atoms with E-state index in [1.165, 1.54) is 0 Å². The highest BCUT2D eigenvalue weighted by molar-refractivity contribution is 9.10. The molecule has 20 heavy (non-hydrogen) atoms. The van der Waals surface area contributed by atoms with Gasteiger partial charge in [-0.3, -0.25) is 9.59 Å². The number of H-pyrrole nitrogens is 1. The number of carbonyl (C=O) groups excluding carboxylic acids is 1. The highest BCUT2D eigenvalue weighted by Gasteiger charge is 2.10. The number of halogens is 1. The molecule has 5 nitrogen and oxygen atoms in total. The number of aromatic nitrogens is 1. The molecule has 2 aromatic rings. The Morgan fingerprint density at radius 1 is 1.25 bits per heavy atom. The third kappa shape index (κ3) is 3.71. The van der Waals surface area contributed by atoms with Crippen LogP contribution in [0.2, 0.25) is 0 Å². The van der Waals surface area contributed by atoms with Gasteiger partial charge >= 0.3 is 5.97 Å². The van der Waals surface area contributed by atoms with Gasteiger partial charge in [0.1, 0.15) is 5.69 Å². The number of nitrogens with one attached hydrogen (secondary N) is 2. The number of hydrogen-bond donors (Lipinski definition) is 3. The Balaban J connectivity index is 2.03. The number of hydrogen-bond acceptors (Lipinski definition) is 2. The third-order valence-corrected chi connectivity index (χ3v) is 3.25. The van der Waals surface area contributed by atoms with Crippen LogP contribution in [0.5, 0.6) is 0 Å². The topological polar surface area (TPSA) is 82.2 Å². The molecule has 0 bridgehead atoms. The van der Waals surface area contributed by atoms with Gasteiger partial charge in [-0.25, -0.2) is 0 Å². The van der Waals surface area contributed by atoms with E-state index in [2.05, 4.69) is 26.2 Å². The fourth-order valence-electron chi connectivity index (χ4n) is 1.84. The van der Waals surface area contributed by atoms with Crippen molar-refractivity contribution in [1.82, 2.24) is 10.3 Å². The van der Waals surface area contributed by atoms with E-state index >= 15 is 0 Å². The normalized spacial score (nSPS) is 10.2. The molecule has 0 saturated heterocycles. The van der Waals surface area contributed by atoms with Crippen LogP contribution in [0.15, 0.2) is 41.0 Å². The number of carboxylic acid groups (broad SMARTS) is 1. The number of carbonyl (C=O) groups is 2. The SMILES string of the molecule is O=C(O)Cc1ccccc1CNC(=O)c1cc(Br)c[nH]1. The second-order valence-corrected chi connectivity index (χ2v) is 5.17. The average molecular weight is 337 g/mol. The Hall–Kier alpha value is -2.08. The van der Waals surface area contributed by atoms with E-state index in [0.717, 1.165) is 10.0 Å². The van der Waals surface area contributed by atoms with E-state index in [1.54, 1.807) is 24.4 Å². The average Bonchev–Trinajstić information content (AvgIpc) is 2.83. The molecule has 0 atom stereocenters. The lowest BCUT2D eigenvalue weighted by Crippen LogP contribution is -2.24. The summed E-state index contributed by atoms with van der Waals surface area (Å²) in [6, 6.07) is 8.84. The van der Waals surface area contributed by atoms with E-state index < -0.39 is 5.97 Å². The first-order chi connectivity index (χ1) is 9.56. The minimum Gasteiger partial charge on any atom is -0.481 e. The fraction of sp³-hybridized carbons (Fsp3) is 0.143. The van der Waals surface area contributed by atoms with Gasteiger partial charge in [-0.1, -0.05) is 24.3 Å². The monoisotopic (exact) mass is 336 g/mol. The van der Waals surface area contributed by atoms with Crippen LogP contribution in [0.25, 0.3) is 0 Å². The van der Waals surface area contributed by atoms with Crippen LogP contribution in [-0.2, 0) is 17.8 Å². The molecule has 0 aliphatic carbocycles. The molecule has 1 amide bonds. The Morgan fingerprint density at radius 3 is 2.55 bits per heavy atom. The van der Waals surface area contributed by atoms with Gasteiger partial charge in [0.25, 0.3) is 5.91 Å². The fourth-order valence-corrected chi connectivity index (χ4v) is 2.18. The zero-order chi connectivity index (χ0) is 14.5. The van der Waals surface area contributed by atoms with Gasteiger partial charge in [-0.15, -0.1) is 0 Å². The van der Waals surface area contributed by atoms with Gasteiger partial charge in [0.2, 0.25) is 0 Å². The largest absolute Gasteiger partial charge is 0.481 e. The van der Waals surface area contributed by atoms with Gasteiger partial charge in [0, 0.05) is 17.2 Å². The first kappa shape index (κ1) is 14.3. The molecule has 0 radical (unpaired) electrons. The second kappa shape index (κ2) is 6.38. The molecule has 0 fully saturated rings. The Morgan fingerprint density at radius 2 is 1.95 bits per heavy atom. The number of rotatable bonds is 5. The summed E-state index contributed by atoms with van der Waals surface area (Å²) in [5.41, 5.74) is 1.95. The van der Waals surface area contributed by atoms with Crippen molar-refractivity contribution in [3.63, 3.8) is 0 Å². The minimum atomic E-state index is -0.892.